The van der Waals surface area contributed by atoms with Gasteiger partial charge < -0.3 is 0 Å². The van der Waals surface area contributed by atoms with Gasteiger partial charge in [-0.1, -0.05) is 12.1 Å². The topological polar surface area (TPSA) is 71.5 Å². The van der Waals surface area contributed by atoms with Gasteiger partial charge in [-0.2, -0.15) is 4.31 Å². The minimum absolute atomic E-state index is 0.00249. The van der Waals surface area contributed by atoms with E-state index in [-0.39, 0.29) is 22.9 Å². The van der Waals surface area contributed by atoms with E-state index in [1.165, 1.54) is 16.4 Å². The molecule has 5 nitrogen and oxygen atoms in total. The number of hydrogen-bond acceptors (Lipinski definition) is 4. The molecule has 3 rings (SSSR count). The monoisotopic (exact) mass is 383 g/mol. The molecular formula is C17H18FNO4S2. The van der Waals surface area contributed by atoms with Gasteiger partial charge in [-0.15, -0.1) is 0 Å². The van der Waals surface area contributed by atoms with Crippen molar-refractivity contribution in [2.24, 2.45) is 0 Å². The molecular weight excluding hydrogens is 365 g/mol. The molecule has 2 aromatic rings. The summed E-state index contributed by atoms with van der Waals surface area (Å²) >= 11 is 0. The van der Waals surface area contributed by atoms with Crippen LogP contribution in [0.25, 0.3) is 0 Å². The van der Waals surface area contributed by atoms with Crippen molar-refractivity contribution in [1.29, 1.82) is 0 Å². The molecule has 25 heavy (non-hydrogen) atoms. The van der Waals surface area contributed by atoms with Crippen LogP contribution in [0.4, 0.5) is 4.39 Å². The van der Waals surface area contributed by atoms with Crippen molar-refractivity contribution in [3.8, 4) is 0 Å². The second-order valence-electron chi connectivity index (χ2n) is 6.21. The van der Waals surface area contributed by atoms with Crippen molar-refractivity contribution in [1.82, 2.24) is 4.31 Å². The summed E-state index contributed by atoms with van der Waals surface area (Å²) in [4.78, 5) is 0.202. The van der Waals surface area contributed by atoms with Gasteiger partial charge in [0.25, 0.3) is 0 Å². The van der Waals surface area contributed by atoms with Crippen molar-refractivity contribution in [2.75, 3.05) is 13.1 Å². The van der Waals surface area contributed by atoms with Gasteiger partial charge >= 0.3 is 0 Å². The van der Waals surface area contributed by atoms with Crippen LogP contribution in [-0.4, -0.2) is 39.5 Å². The Labute approximate surface area is 147 Å². The first-order chi connectivity index (χ1) is 11.6. The van der Waals surface area contributed by atoms with Crippen LogP contribution in [0.1, 0.15) is 11.1 Å². The summed E-state index contributed by atoms with van der Waals surface area (Å²) in [5, 5.41) is -0.821. The molecule has 0 aliphatic carbocycles. The molecule has 8 heteroatoms. The van der Waals surface area contributed by atoms with E-state index in [2.05, 4.69) is 0 Å². The Kier molecular flexibility index (Phi) is 4.47. The van der Waals surface area contributed by atoms with Gasteiger partial charge in [0.1, 0.15) is 5.82 Å². The van der Waals surface area contributed by atoms with Gasteiger partial charge in [0.2, 0.25) is 10.0 Å². The van der Waals surface area contributed by atoms with E-state index >= 15 is 0 Å². The lowest BCUT2D eigenvalue weighted by Crippen LogP contribution is -2.56. The summed E-state index contributed by atoms with van der Waals surface area (Å²) in [6.07, 6.45) is 0. The van der Waals surface area contributed by atoms with Gasteiger partial charge in [-0.3, -0.25) is 0 Å². The number of sulfonamides is 1. The average Bonchev–Trinajstić information content (AvgIpc) is 2.48. The summed E-state index contributed by atoms with van der Waals surface area (Å²) < 4.78 is 64.6. The van der Waals surface area contributed by atoms with E-state index in [1.54, 1.807) is 26.0 Å². The molecule has 0 atom stereocenters. The maximum absolute atomic E-state index is 13.0. The number of aryl methyl sites for hydroxylation is 2. The van der Waals surface area contributed by atoms with E-state index < -0.39 is 30.9 Å². The summed E-state index contributed by atoms with van der Waals surface area (Å²) in [6, 6.07) is 9.71. The zero-order valence-electron chi connectivity index (χ0n) is 13.8. The van der Waals surface area contributed by atoms with Crippen molar-refractivity contribution in [3.63, 3.8) is 0 Å². The Morgan fingerprint density at radius 2 is 1.56 bits per heavy atom. The lowest BCUT2D eigenvalue weighted by Gasteiger charge is -2.37. The molecule has 0 saturated carbocycles. The number of hydrogen-bond donors (Lipinski definition) is 0. The van der Waals surface area contributed by atoms with Gasteiger partial charge in [0, 0.05) is 13.1 Å². The minimum Gasteiger partial charge on any atom is -0.223 e. The maximum atomic E-state index is 13.0. The van der Waals surface area contributed by atoms with Crippen LogP contribution in [0.2, 0.25) is 0 Å². The lowest BCUT2D eigenvalue weighted by atomic mass is 10.2. The predicted octanol–water partition coefficient (Wildman–Crippen LogP) is 2.29. The maximum Gasteiger partial charge on any atom is 0.243 e. The number of benzene rings is 2. The molecule has 1 fully saturated rings. The molecule has 0 radical (unpaired) electrons. The highest BCUT2D eigenvalue weighted by atomic mass is 32.2. The molecule has 1 aliphatic heterocycles. The molecule has 1 saturated heterocycles. The Morgan fingerprint density at radius 3 is 2.16 bits per heavy atom. The second-order valence-corrected chi connectivity index (χ2v) is 10.3. The Hall–Kier alpha value is -1.77. The highest BCUT2D eigenvalue weighted by Gasteiger charge is 2.44. The SMILES string of the molecule is Cc1ccc(C)c(S(=O)(=O)N2CC(S(=O)(=O)c3ccc(F)cc3)C2)c1. The molecule has 0 aromatic heterocycles. The second kappa shape index (κ2) is 6.19. The third-order valence-electron chi connectivity index (χ3n) is 4.36. The smallest absolute Gasteiger partial charge is 0.223 e. The largest absolute Gasteiger partial charge is 0.243 e. The Bertz CT molecular complexity index is 1010. The summed E-state index contributed by atoms with van der Waals surface area (Å²) in [6.45, 7) is 3.31. The minimum atomic E-state index is -3.73. The van der Waals surface area contributed by atoms with Crippen molar-refractivity contribution in [3.05, 3.63) is 59.4 Å². The predicted molar refractivity (Wildman–Crippen MR) is 92.0 cm³/mol. The molecule has 0 N–H and O–H groups in total. The van der Waals surface area contributed by atoms with Crippen molar-refractivity contribution in [2.45, 2.75) is 28.9 Å². The fraction of sp³-hybridized carbons (Fsp3) is 0.294. The first-order valence-corrected chi connectivity index (χ1v) is 10.7. The summed E-state index contributed by atoms with van der Waals surface area (Å²) in [5.74, 6) is -0.522. The number of sulfone groups is 1. The number of halogens is 1. The van der Waals surface area contributed by atoms with Crippen LogP contribution < -0.4 is 0 Å². The molecule has 0 amide bonds. The van der Waals surface area contributed by atoms with E-state index in [4.69, 9.17) is 0 Å². The fourth-order valence-corrected chi connectivity index (χ4v) is 6.42. The van der Waals surface area contributed by atoms with Gasteiger partial charge in [0.15, 0.2) is 9.84 Å². The third kappa shape index (κ3) is 3.21. The quantitative estimate of drug-likeness (QED) is 0.760. The zero-order chi connectivity index (χ0) is 18.4. The average molecular weight is 383 g/mol. The van der Waals surface area contributed by atoms with Crippen LogP contribution >= 0.6 is 0 Å². The van der Waals surface area contributed by atoms with Crippen LogP contribution in [0.3, 0.4) is 0 Å². The Morgan fingerprint density at radius 1 is 0.960 bits per heavy atom. The lowest BCUT2D eigenvalue weighted by molar-refractivity contribution is 0.309. The molecule has 0 unspecified atom stereocenters. The van der Waals surface area contributed by atoms with E-state index in [9.17, 15) is 21.2 Å². The molecule has 1 heterocycles. The zero-order valence-corrected chi connectivity index (χ0v) is 15.4. The summed E-state index contributed by atoms with van der Waals surface area (Å²) in [7, 11) is -7.41. The Balaban J connectivity index is 1.82. The summed E-state index contributed by atoms with van der Waals surface area (Å²) in [5.41, 5.74) is 1.44. The van der Waals surface area contributed by atoms with E-state index in [1.807, 2.05) is 6.07 Å². The van der Waals surface area contributed by atoms with Crippen LogP contribution in [0.15, 0.2) is 52.3 Å². The number of nitrogens with zero attached hydrogens (tertiary/aromatic N) is 1. The van der Waals surface area contributed by atoms with Crippen LogP contribution in [0, 0.1) is 19.7 Å². The molecule has 0 spiro atoms. The highest BCUT2D eigenvalue weighted by Crippen LogP contribution is 2.30. The molecule has 2 aromatic carbocycles. The van der Waals surface area contributed by atoms with E-state index in [0.29, 0.717) is 5.56 Å². The standard InChI is InChI=1S/C17H18FNO4S2/c1-12-3-4-13(2)17(9-12)25(22,23)19-10-16(11-19)24(20,21)15-7-5-14(18)6-8-15/h3-9,16H,10-11H2,1-2H3. The molecule has 0 bridgehead atoms. The highest BCUT2D eigenvalue weighted by molar-refractivity contribution is 7.92. The number of rotatable bonds is 4. The first-order valence-electron chi connectivity index (χ1n) is 7.69. The van der Waals surface area contributed by atoms with Gasteiger partial charge in [-0.05, 0) is 55.3 Å². The van der Waals surface area contributed by atoms with Gasteiger partial charge in [0.05, 0.1) is 15.0 Å². The molecule has 1 aliphatic rings. The van der Waals surface area contributed by atoms with E-state index in [0.717, 1.165) is 17.7 Å². The van der Waals surface area contributed by atoms with Crippen LogP contribution in [0.5, 0.6) is 0 Å². The van der Waals surface area contributed by atoms with Gasteiger partial charge in [-0.25, -0.2) is 21.2 Å². The fourth-order valence-electron chi connectivity index (χ4n) is 2.73. The van der Waals surface area contributed by atoms with Crippen LogP contribution in [-0.2, 0) is 19.9 Å². The first kappa shape index (κ1) is 18.0. The van der Waals surface area contributed by atoms with Crippen molar-refractivity contribution < 1.29 is 21.2 Å². The van der Waals surface area contributed by atoms with Crippen molar-refractivity contribution >= 4 is 19.9 Å². The normalized spacial score (nSPS) is 16.6. The third-order valence-corrected chi connectivity index (χ3v) is 8.44. The molecule has 134 valence electrons.